The van der Waals surface area contributed by atoms with E-state index >= 15 is 0 Å². The molecule has 5 heteroatoms. The van der Waals surface area contributed by atoms with E-state index in [2.05, 4.69) is 34.1 Å². The predicted octanol–water partition coefficient (Wildman–Crippen LogP) is 6.83. The lowest BCUT2D eigenvalue weighted by molar-refractivity contribution is -0.112. The average molecular weight is 442 g/mol. The van der Waals surface area contributed by atoms with Crippen molar-refractivity contribution in [1.29, 1.82) is 5.26 Å². The van der Waals surface area contributed by atoms with E-state index in [4.69, 9.17) is 0 Å². The smallest absolute Gasteiger partial charge is 0.266 e. The number of nitriles is 1. The maximum atomic E-state index is 13.9. The van der Waals surface area contributed by atoms with Gasteiger partial charge in [0.15, 0.2) is 0 Å². The molecule has 1 aliphatic rings. The van der Waals surface area contributed by atoms with Gasteiger partial charge in [0.25, 0.3) is 5.91 Å². The third-order valence-electron chi connectivity index (χ3n) is 6.49. The van der Waals surface area contributed by atoms with Crippen molar-refractivity contribution in [3.05, 3.63) is 88.5 Å². The lowest BCUT2D eigenvalue weighted by Crippen LogP contribution is -2.14. The van der Waals surface area contributed by atoms with Gasteiger partial charge in [-0.25, -0.2) is 4.39 Å². The number of carbonyl (C=O) groups is 1. The van der Waals surface area contributed by atoms with Gasteiger partial charge in [0.05, 0.1) is 5.69 Å². The van der Waals surface area contributed by atoms with Gasteiger partial charge in [0.2, 0.25) is 0 Å². The highest BCUT2D eigenvalue weighted by atomic mass is 19.1. The van der Waals surface area contributed by atoms with E-state index in [0.29, 0.717) is 5.92 Å². The molecule has 1 fully saturated rings. The first kappa shape index (κ1) is 22.5. The average Bonchev–Trinajstić information content (AvgIpc) is 3.12. The molecule has 1 aromatic heterocycles. The number of hydrogen-bond donors (Lipinski definition) is 1. The third-order valence-corrected chi connectivity index (χ3v) is 6.49. The monoisotopic (exact) mass is 441 g/mol. The number of benzene rings is 2. The summed E-state index contributed by atoms with van der Waals surface area (Å²) in [5, 5.41) is 12.0. The highest BCUT2D eigenvalue weighted by molar-refractivity contribution is 6.09. The molecular weight excluding hydrogens is 413 g/mol. The van der Waals surface area contributed by atoms with Crippen LogP contribution in [0.1, 0.15) is 60.5 Å². The Hall–Kier alpha value is -3.65. The summed E-state index contributed by atoms with van der Waals surface area (Å²) in [5.41, 5.74) is 5.15. The van der Waals surface area contributed by atoms with Crippen molar-refractivity contribution in [1.82, 2.24) is 4.57 Å². The largest absolute Gasteiger partial charge is 0.319 e. The molecule has 0 atom stereocenters. The van der Waals surface area contributed by atoms with Gasteiger partial charge in [-0.2, -0.15) is 5.26 Å². The Balaban J connectivity index is 1.58. The minimum atomic E-state index is -0.635. The highest BCUT2D eigenvalue weighted by Gasteiger charge is 2.17. The summed E-state index contributed by atoms with van der Waals surface area (Å²) in [6.45, 7) is 3.97. The van der Waals surface area contributed by atoms with Crippen LogP contribution >= 0.6 is 0 Å². The number of para-hydroxylation sites is 1. The second-order valence-electron chi connectivity index (χ2n) is 8.69. The first-order valence-electron chi connectivity index (χ1n) is 11.4. The molecule has 168 valence electrons. The van der Waals surface area contributed by atoms with Crippen LogP contribution in [0.15, 0.2) is 60.2 Å². The number of aromatic nitrogens is 1. The molecule has 3 aromatic rings. The minimum absolute atomic E-state index is 0.0483. The fraction of sp³-hybridized carbons (Fsp3) is 0.286. The molecule has 1 saturated carbocycles. The molecule has 33 heavy (non-hydrogen) atoms. The van der Waals surface area contributed by atoms with Gasteiger partial charge in [-0.15, -0.1) is 0 Å². The number of halogens is 1. The van der Waals surface area contributed by atoms with Crippen LogP contribution in [0.2, 0.25) is 0 Å². The fourth-order valence-corrected chi connectivity index (χ4v) is 4.72. The van der Waals surface area contributed by atoms with Crippen LogP contribution < -0.4 is 5.32 Å². The van der Waals surface area contributed by atoms with Gasteiger partial charge in [-0.3, -0.25) is 4.79 Å². The van der Waals surface area contributed by atoms with Crippen LogP contribution in [-0.4, -0.2) is 10.5 Å². The van der Waals surface area contributed by atoms with Crippen molar-refractivity contribution in [2.45, 2.75) is 51.9 Å². The van der Waals surface area contributed by atoms with E-state index in [1.807, 2.05) is 26.0 Å². The van der Waals surface area contributed by atoms with Crippen LogP contribution in [-0.2, 0) is 4.79 Å². The van der Waals surface area contributed by atoms with Crippen molar-refractivity contribution in [3.63, 3.8) is 0 Å². The summed E-state index contributed by atoms with van der Waals surface area (Å²) in [5.74, 6) is -0.522. The van der Waals surface area contributed by atoms with Crippen molar-refractivity contribution in [2.75, 3.05) is 5.32 Å². The maximum Gasteiger partial charge on any atom is 0.266 e. The van der Waals surface area contributed by atoms with Crippen molar-refractivity contribution in [2.24, 2.45) is 0 Å². The SMILES string of the molecule is Cc1cc(C=C(C#N)C(=O)Nc2ccccc2F)c(C)n1-c1ccc(C2CCCCC2)cc1. The molecule has 0 saturated heterocycles. The lowest BCUT2D eigenvalue weighted by Gasteiger charge is -2.22. The highest BCUT2D eigenvalue weighted by Crippen LogP contribution is 2.33. The summed E-state index contributed by atoms with van der Waals surface area (Å²) in [6.07, 6.45) is 8.05. The van der Waals surface area contributed by atoms with E-state index in [9.17, 15) is 14.4 Å². The zero-order chi connectivity index (χ0) is 23.4. The zero-order valence-corrected chi connectivity index (χ0v) is 19.1. The summed E-state index contributed by atoms with van der Waals surface area (Å²) in [6, 6.07) is 18.5. The Labute approximate surface area is 194 Å². The normalized spacial score (nSPS) is 14.7. The fourth-order valence-electron chi connectivity index (χ4n) is 4.72. The Morgan fingerprint density at radius 3 is 2.45 bits per heavy atom. The van der Waals surface area contributed by atoms with Crippen molar-refractivity contribution in [3.8, 4) is 11.8 Å². The molecule has 1 heterocycles. The topological polar surface area (TPSA) is 57.8 Å². The summed E-state index contributed by atoms with van der Waals surface area (Å²) in [7, 11) is 0. The Morgan fingerprint density at radius 1 is 1.09 bits per heavy atom. The molecule has 0 radical (unpaired) electrons. The number of anilines is 1. The number of carbonyl (C=O) groups excluding carboxylic acids is 1. The second-order valence-corrected chi connectivity index (χ2v) is 8.69. The first-order valence-corrected chi connectivity index (χ1v) is 11.4. The van der Waals surface area contributed by atoms with Crippen LogP contribution in [0, 0.1) is 31.0 Å². The Bertz CT molecular complexity index is 1230. The molecular formula is C28H28FN3O. The van der Waals surface area contributed by atoms with E-state index < -0.39 is 11.7 Å². The van der Waals surface area contributed by atoms with Gasteiger partial charge in [0, 0.05) is 17.1 Å². The van der Waals surface area contributed by atoms with Crippen molar-refractivity contribution >= 4 is 17.7 Å². The van der Waals surface area contributed by atoms with Crippen molar-refractivity contribution < 1.29 is 9.18 Å². The van der Waals surface area contributed by atoms with Gasteiger partial charge in [-0.1, -0.05) is 43.5 Å². The van der Waals surface area contributed by atoms with E-state index in [1.54, 1.807) is 18.2 Å². The quantitative estimate of drug-likeness (QED) is 0.349. The molecule has 0 unspecified atom stereocenters. The van der Waals surface area contributed by atoms with E-state index in [1.165, 1.54) is 49.8 Å². The van der Waals surface area contributed by atoms with Gasteiger partial charge >= 0.3 is 0 Å². The summed E-state index contributed by atoms with van der Waals surface area (Å²) in [4.78, 5) is 12.6. The predicted molar refractivity (Wildman–Crippen MR) is 130 cm³/mol. The number of amides is 1. The standard InChI is InChI=1S/C28H28FN3O/c1-19-16-23(17-24(18-30)28(33)31-27-11-7-6-10-26(27)29)20(2)32(19)25-14-12-22(13-15-25)21-8-4-3-5-9-21/h6-7,10-17,21H,3-5,8-9H2,1-2H3,(H,31,33). The van der Waals surface area contributed by atoms with Gasteiger partial charge in [0.1, 0.15) is 17.5 Å². The summed E-state index contributed by atoms with van der Waals surface area (Å²) < 4.78 is 16.0. The molecule has 0 spiro atoms. The van der Waals surface area contributed by atoms with Crippen LogP contribution in [0.25, 0.3) is 11.8 Å². The first-order chi connectivity index (χ1) is 16.0. The maximum absolute atomic E-state index is 13.9. The third kappa shape index (κ3) is 4.90. The van der Waals surface area contributed by atoms with Crippen LogP contribution in [0.5, 0.6) is 0 Å². The van der Waals surface area contributed by atoms with Gasteiger partial charge < -0.3 is 9.88 Å². The molecule has 4 rings (SSSR count). The molecule has 0 bridgehead atoms. The zero-order valence-electron chi connectivity index (χ0n) is 19.1. The molecule has 1 aliphatic carbocycles. The molecule has 2 aromatic carbocycles. The molecule has 0 aliphatic heterocycles. The number of nitrogens with one attached hydrogen (secondary N) is 1. The number of nitrogens with zero attached hydrogens (tertiary/aromatic N) is 2. The second kappa shape index (κ2) is 9.87. The molecule has 1 N–H and O–H groups in total. The van der Waals surface area contributed by atoms with Crippen LogP contribution in [0.4, 0.5) is 10.1 Å². The van der Waals surface area contributed by atoms with E-state index in [0.717, 1.165) is 22.6 Å². The Kier molecular flexibility index (Phi) is 6.74. The van der Waals surface area contributed by atoms with Gasteiger partial charge in [-0.05, 0) is 80.1 Å². The lowest BCUT2D eigenvalue weighted by atomic mass is 9.84. The number of aryl methyl sites for hydroxylation is 1. The van der Waals surface area contributed by atoms with Crippen LogP contribution in [0.3, 0.4) is 0 Å². The Morgan fingerprint density at radius 2 is 1.79 bits per heavy atom. The van der Waals surface area contributed by atoms with E-state index in [-0.39, 0.29) is 11.3 Å². The summed E-state index contributed by atoms with van der Waals surface area (Å²) >= 11 is 0. The molecule has 4 nitrogen and oxygen atoms in total. The molecule has 1 amide bonds. The number of rotatable bonds is 5. The number of hydrogen-bond acceptors (Lipinski definition) is 2. The minimum Gasteiger partial charge on any atom is -0.319 e.